The Balaban J connectivity index is 0.00000119. The highest BCUT2D eigenvalue weighted by Crippen LogP contribution is 2.32. The fraction of sp³-hybridized carbons (Fsp3) is 0.259. The van der Waals surface area contributed by atoms with Crippen LogP contribution in [0.5, 0.6) is 0 Å². The van der Waals surface area contributed by atoms with Crippen molar-refractivity contribution in [1.29, 1.82) is 5.26 Å². The fourth-order valence-corrected chi connectivity index (χ4v) is 4.19. The summed E-state index contributed by atoms with van der Waals surface area (Å²) in [6.45, 7) is 7.46. The van der Waals surface area contributed by atoms with Crippen LogP contribution in [0, 0.1) is 11.3 Å². The van der Waals surface area contributed by atoms with Crippen molar-refractivity contribution in [3.8, 4) is 28.6 Å². The van der Waals surface area contributed by atoms with Crippen molar-refractivity contribution in [2.75, 3.05) is 31.2 Å². The Morgan fingerprint density at radius 1 is 0.906 bits per heavy atom. The lowest BCUT2D eigenvalue weighted by molar-refractivity contribution is 0.122. The van der Waals surface area contributed by atoms with Crippen LogP contribution in [0.25, 0.3) is 33.3 Å². The number of pyridine rings is 1. The molecule has 0 aliphatic carbocycles. The van der Waals surface area contributed by atoms with Gasteiger partial charge in [-0.15, -0.1) is 0 Å². The Kier molecular flexibility index (Phi) is 6.53. The van der Waals surface area contributed by atoms with Gasteiger partial charge in [0.1, 0.15) is 6.07 Å². The van der Waals surface area contributed by atoms with Crippen molar-refractivity contribution < 1.29 is 4.74 Å². The van der Waals surface area contributed by atoms with Gasteiger partial charge in [0.25, 0.3) is 0 Å². The number of morpholine rings is 1. The molecule has 1 saturated heterocycles. The topological polar surface area (TPSA) is 54.1 Å². The molecule has 3 heterocycles. The molecule has 1 aliphatic rings. The van der Waals surface area contributed by atoms with Crippen LogP contribution in [0.4, 0.5) is 5.69 Å². The van der Waals surface area contributed by atoms with Crippen molar-refractivity contribution in [3.05, 3.63) is 72.6 Å². The van der Waals surface area contributed by atoms with Gasteiger partial charge < -0.3 is 14.2 Å². The highest BCUT2D eigenvalue weighted by molar-refractivity contribution is 5.90. The van der Waals surface area contributed by atoms with Gasteiger partial charge >= 0.3 is 0 Å². The standard InChI is InChI=1S/C25H22N4O.C2H6/c1-28-24(6-7-25(28)23-8-9-27-17-21(23)16-26)20-3-2-19-15-22(5-4-18(19)14-20)29-10-12-30-13-11-29;1-2/h2-9,14-15,17H,10-13H2,1H3;1-2H3. The van der Waals surface area contributed by atoms with Crippen molar-refractivity contribution in [2.24, 2.45) is 7.05 Å². The summed E-state index contributed by atoms with van der Waals surface area (Å²) in [5.41, 5.74) is 6.01. The summed E-state index contributed by atoms with van der Waals surface area (Å²) in [6.07, 6.45) is 3.34. The molecule has 0 atom stereocenters. The number of hydrogen-bond acceptors (Lipinski definition) is 4. The van der Waals surface area contributed by atoms with Gasteiger partial charge in [-0.05, 0) is 52.7 Å². The minimum Gasteiger partial charge on any atom is -0.378 e. The molecule has 0 spiro atoms. The van der Waals surface area contributed by atoms with Crippen molar-refractivity contribution in [2.45, 2.75) is 13.8 Å². The summed E-state index contributed by atoms with van der Waals surface area (Å²) >= 11 is 0. The molecule has 0 unspecified atom stereocenters. The summed E-state index contributed by atoms with van der Waals surface area (Å²) in [4.78, 5) is 6.45. The Labute approximate surface area is 189 Å². The summed E-state index contributed by atoms with van der Waals surface area (Å²) in [7, 11) is 2.04. The maximum atomic E-state index is 9.42. The number of nitriles is 1. The highest BCUT2D eigenvalue weighted by Gasteiger charge is 2.14. The summed E-state index contributed by atoms with van der Waals surface area (Å²) in [5, 5.41) is 11.9. The largest absolute Gasteiger partial charge is 0.378 e. The second-order valence-electron chi connectivity index (χ2n) is 7.54. The maximum absolute atomic E-state index is 9.42. The van der Waals surface area contributed by atoms with Crippen molar-refractivity contribution in [3.63, 3.8) is 0 Å². The van der Waals surface area contributed by atoms with Crippen molar-refractivity contribution in [1.82, 2.24) is 9.55 Å². The van der Waals surface area contributed by atoms with Crippen LogP contribution in [0.1, 0.15) is 19.4 Å². The third kappa shape index (κ3) is 4.10. The van der Waals surface area contributed by atoms with Gasteiger partial charge in [-0.1, -0.05) is 32.0 Å². The lowest BCUT2D eigenvalue weighted by Gasteiger charge is -2.29. The number of benzene rings is 2. The lowest BCUT2D eigenvalue weighted by atomic mass is 10.0. The van der Waals surface area contributed by atoms with E-state index in [-0.39, 0.29) is 0 Å². The number of aromatic nitrogens is 2. The number of rotatable bonds is 3. The number of hydrogen-bond donors (Lipinski definition) is 0. The van der Waals surface area contributed by atoms with Crippen LogP contribution < -0.4 is 4.90 Å². The first-order chi connectivity index (χ1) is 15.7. The molecule has 5 rings (SSSR count). The van der Waals surface area contributed by atoms with Crippen LogP contribution >= 0.6 is 0 Å². The molecule has 1 aliphatic heterocycles. The zero-order chi connectivity index (χ0) is 22.5. The quantitative estimate of drug-likeness (QED) is 0.427. The monoisotopic (exact) mass is 424 g/mol. The smallest absolute Gasteiger partial charge is 0.101 e. The van der Waals surface area contributed by atoms with Gasteiger partial charge in [0.15, 0.2) is 0 Å². The number of anilines is 1. The van der Waals surface area contributed by atoms with Gasteiger partial charge in [-0.25, -0.2) is 0 Å². The van der Waals surface area contributed by atoms with Gasteiger partial charge in [0, 0.05) is 55.2 Å². The first kappa shape index (κ1) is 21.6. The minimum absolute atomic E-state index is 0.583. The molecule has 2 aromatic heterocycles. The second kappa shape index (κ2) is 9.67. The van der Waals surface area contributed by atoms with Crippen LogP contribution in [0.15, 0.2) is 67.0 Å². The Morgan fingerprint density at radius 3 is 2.41 bits per heavy atom. The molecule has 2 aromatic carbocycles. The molecule has 0 amide bonds. The first-order valence-corrected chi connectivity index (χ1v) is 11.1. The Hall–Kier alpha value is -3.62. The predicted octanol–water partition coefficient (Wildman–Crippen LogP) is 5.64. The van der Waals surface area contributed by atoms with Crippen LogP contribution in [-0.2, 0) is 11.8 Å². The van der Waals surface area contributed by atoms with E-state index in [9.17, 15) is 5.26 Å². The van der Waals surface area contributed by atoms with E-state index in [1.807, 2.05) is 27.0 Å². The molecule has 0 bridgehead atoms. The zero-order valence-electron chi connectivity index (χ0n) is 18.9. The SMILES string of the molecule is CC.Cn1c(-c2ccc3cc(N4CCOCC4)ccc3c2)ccc1-c1ccncc1C#N. The van der Waals surface area contributed by atoms with E-state index in [0.717, 1.165) is 48.8 Å². The molecule has 0 N–H and O–H groups in total. The van der Waals surface area contributed by atoms with E-state index in [1.165, 1.54) is 16.5 Å². The van der Waals surface area contributed by atoms with E-state index in [0.29, 0.717) is 5.56 Å². The molecule has 162 valence electrons. The van der Waals surface area contributed by atoms with E-state index in [1.54, 1.807) is 12.4 Å². The number of ether oxygens (including phenoxy) is 1. The van der Waals surface area contributed by atoms with Crippen LogP contribution in [0.2, 0.25) is 0 Å². The van der Waals surface area contributed by atoms with Gasteiger partial charge in [-0.3, -0.25) is 4.98 Å². The summed E-state index contributed by atoms with van der Waals surface area (Å²) in [6, 6.07) is 21.6. The maximum Gasteiger partial charge on any atom is 0.101 e. The van der Waals surface area contributed by atoms with E-state index >= 15 is 0 Å². The Bertz CT molecular complexity index is 1260. The first-order valence-electron chi connectivity index (χ1n) is 11.1. The van der Waals surface area contributed by atoms with Crippen LogP contribution in [0.3, 0.4) is 0 Å². The van der Waals surface area contributed by atoms with Gasteiger partial charge in [0.05, 0.1) is 18.8 Å². The third-order valence-corrected chi connectivity index (χ3v) is 5.84. The van der Waals surface area contributed by atoms with Gasteiger partial charge in [0.2, 0.25) is 0 Å². The second-order valence-corrected chi connectivity index (χ2v) is 7.54. The van der Waals surface area contributed by atoms with Crippen LogP contribution in [-0.4, -0.2) is 35.9 Å². The normalized spacial score (nSPS) is 13.4. The van der Waals surface area contributed by atoms with E-state index in [4.69, 9.17) is 4.74 Å². The average molecular weight is 425 g/mol. The zero-order valence-corrected chi connectivity index (χ0v) is 18.9. The summed E-state index contributed by atoms with van der Waals surface area (Å²) < 4.78 is 7.61. The molecule has 0 radical (unpaired) electrons. The minimum atomic E-state index is 0.583. The van der Waals surface area contributed by atoms with E-state index < -0.39 is 0 Å². The molecule has 0 saturated carbocycles. The molecule has 4 aromatic rings. The number of fused-ring (bicyclic) bond motifs is 1. The fourth-order valence-electron chi connectivity index (χ4n) is 4.19. The summed E-state index contributed by atoms with van der Waals surface area (Å²) in [5.74, 6) is 0. The molecule has 5 heteroatoms. The molecule has 1 fully saturated rings. The molecule has 32 heavy (non-hydrogen) atoms. The third-order valence-electron chi connectivity index (χ3n) is 5.84. The lowest BCUT2D eigenvalue weighted by Crippen LogP contribution is -2.36. The van der Waals surface area contributed by atoms with Gasteiger partial charge in [-0.2, -0.15) is 5.26 Å². The highest BCUT2D eigenvalue weighted by atomic mass is 16.5. The molecule has 5 nitrogen and oxygen atoms in total. The molecular formula is C27H28N4O. The number of nitrogens with zero attached hydrogens (tertiary/aromatic N) is 4. The van der Waals surface area contributed by atoms with Crippen molar-refractivity contribution >= 4 is 16.5 Å². The Morgan fingerprint density at radius 2 is 1.62 bits per heavy atom. The average Bonchev–Trinajstić information content (AvgIpc) is 3.26. The van der Waals surface area contributed by atoms with E-state index in [2.05, 4.69) is 69.1 Å². The predicted molar refractivity (Wildman–Crippen MR) is 131 cm³/mol. The molecular weight excluding hydrogens is 396 g/mol.